The van der Waals surface area contributed by atoms with Crippen LogP contribution in [0.4, 0.5) is 4.39 Å². The molecule has 0 atom stereocenters. The molecule has 1 aliphatic carbocycles. The Morgan fingerprint density at radius 1 is 1.15 bits per heavy atom. The van der Waals surface area contributed by atoms with Crippen molar-refractivity contribution in [2.24, 2.45) is 0 Å². The average molecular weight is 366 g/mol. The number of hydrogen-bond donors (Lipinski definition) is 1. The fourth-order valence-corrected chi connectivity index (χ4v) is 2.66. The van der Waals surface area contributed by atoms with E-state index in [1.165, 1.54) is 18.5 Å². The van der Waals surface area contributed by atoms with Gasteiger partial charge in [-0.15, -0.1) is 0 Å². The maximum Gasteiger partial charge on any atom is 0.381 e. The van der Waals surface area contributed by atoms with Gasteiger partial charge in [0.05, 0.1) is 0 Å². The summed E-state index contributed by atoms with van der Waals surface area (Å²) in [6, 6.07) is 3.73. The molecule has 0 amide bonds. The molecule has 0 spiro atoms. The molecule has 6 heteroatoms. The zero-order chi connectivity index (χ0) is 19.4. The summed E-state index contributed by atoms with van der Waals surface area (Å²) in [5.41, 5.74) is 3.21. The Bertz CT molecular complexity index is 937. The molecule has 0 bridgehead atoms. The van der Waals surface area contributed by atoms with Gasteiger partial charge in [0.2, 0.25) is 5.82 Å². The van der Waals surface area contributed by atoms with Crippen LogP contribution in [-0.4, -0.2) is 21.0 Å². The number of rotatable bonds is 4. The number of halogens is 1. The Labute approximate surface area is 156 Å². The van der Waals surface area contributed by atoms with Crippen LogP contribution in [0.5, 0.6) is 5.75 Å². The molecule has 0 saturated carbocycles. The van der Waals surface area contributed by atoms with Gasteiger partial charge in [0.15, 0.2) is 5.76 Å². The second-order valence-corrected chi connectivity index (χ2v) is 6.28. The summed E-state index contributed by atoms with van der Waals surface area (Å²) in [4.78, 5) is 20.0. The standard InChI is InChI=1S/C21H19FN2O3/c1-13-9-15(10-14(2)19(13)25)7-8-16-11-23-20(24-12-16)21(26)27-18-6-4-3-5-17(18)22/h4,6-12,25H,3,5H2,1-2H3/b8-7+. The van der Waals surface area contributed by atoms with E-state index in [-0.39, 0.29) is 23.8 Å². The monoisotopic (exact) mass is 366 g/mol. The SMILES string of the molecule is Cc1cc(/C=C/c2cnc(C(=O)OC3=C(F)CCC=C3)nc2)cc(C)c1O. The van der Waals surface area contributed by atoms with E-state index in [2.05, 4.69) is 9.97 Å². The molecule has 1 N–H and O–H groups in total. The number of ether oxygens (including phenoxy) is 1. The molecule has 0 saturated heterocycles. The van der Waals surface area contributed by atoms with Crippen molar-refractivity contribution in [2.75, 3.05) is 0 Å². The summed E-state index contributed by atoms with van der Waals surface area (Å²) in [6.07, 6.45) is 10.6. The molecule has 27 heavy (non-hydrogen) atoms. The number of carbonyl (C=O) groups is 1. The first-order valence-electron chi connectivity index (χ1n) is 8.52. The normalized spacial score (nSPS) is 14.0. The molecule has 2 aromatic rings. The first-order chi connectivity index (χ1) is 12.9. The third kappa shape index (κ3) is 4.47. The molecule has 0 aliphatic heterocycles. The van der Waals surface area contributed by atoms with Crippen LogP contribution in [-0.2, 0) is 4.74 Å². The summed E-state index contributed by atoms with van der Waals surface area (Å²) in [5, 5.41) is 9.81. The maximum atomic E-state index is 13.6. The van der Waals surface area contributed by atoms with Crippen LogP contribution in [0.15, 0.2) is 48.3 Å². The molecule has 1 aromatic carbocycles. The number of aryl methyl sites for hydroxylation is 2. The molecule has 0 radical (unpaired) electrons. The summed E-state index contributed by atoms with van der Waals surface area (Å²) < 4.78 is 18.6. The molecular formula is C21H19FN2O3. The molecule has 0 fully saturated rings. The lowest BCUT2D eigenvalue weighted by Crippen LogP contribution is -2.10. The van der Waals surface area contributed by atoms with E-state index in [1.807, 2.05) is 32.1 Å². The second-order valence-electron chi connectivity index (χ2n) is 6.28. The molecule has 3 rings (SSSR count). The third-order valence-corrected chi connectivity index (χ3v) is 4.11. The Morgan fingerprint density at radius 2 is 1.78 bits per heavy atom. The van der Waals surface area contributed by atoms with Gasteiger partial charge in [-0.3, -0.25) is 0 Å². The molecule has 5 nitrogen and oxygen atoms in total. The topological polar surface area (TPSA) is 72.3 Å². The summed E-state index contributed by atoms with van der Waals surface area (Å²) in [6.45, 7) is 3.67. The predicted molar refractivity (Wildman–Crippen MR) is 100 cm³/mol. The van der Waals surface area contributed by atoms with E-state index in [4.69, 9.17) is 4.74 Å². The van der Waals surface area contributed by atoms with Gasteiger partial charge >= 0.3 is 5.97 Å². The molecular weight excluding hydrogens is 347 g/mol. The number of benzene rings is 1. The van der Waals surface area contributed by atoms with Gasteiger partial charge in [-0.25, -0.2) is 19.2 Å². The van der Waals surface area contributed by atoms with Gasteiger partial charge in [0.25, 0.3) is 0 Å². The van der Waals surface area contributed by atoms with Crippen molar-refractivity contribution >= 4 is 18.1 Å². The molecule has 1 aromatic heterocycles. The van der Waals surface area contributed by atoms with Gasteiger partial charge in [-0.05, 0) is 55.2 Å². The van der Waals surface area contributed by atoms with Crippen molar-refractivity contribution < 1.29 is 19.0 Å². The van der Waals surface area contributed by atoms with E-state index in [1.54, 1.807) is 12.2 Å². The van der Waals surface area contributed by atoms with Crippen molar-refractivity contribution in [2.45, 2.75) is 26.7 Å². The van der Waals surface area contributed by atoms with E-state index in [0.717, 1.165) is 16.7 Å². The fraction of sp³-hybridized carbons (Fsp3) is 0.190. The minimum absolute atomic E-state index is 0.0862. The fourth-order valence-electron chi connectivity index (χ4n) is 2.66. The van der Waals surface area contributed by atoms with Crippen molar-refractivity contribution in [3.63, 3.8) is 0 Å². The minimum Gasteiger partial charge on any atom is -0.507 e. The maximum absolute atomic E-state index is 13.6. The van der Waals surface area contributed by atoms with Crippen molar-refractivity contribution in [1.82, 2.24) is 9.97 Å². The van der Waals surface area contributed by atoms with Gasteiger partial charge in [-0.2, -0.15) is 0 Å². The van der Waals surface area contributed by atoms with Crippen molar-refractivity contribution in [1.29, 1.82) is 0 Å². The number of hydrogen-bond acceptors (Lipinski definition) is 5. The smallest absolute Gasteiger partial charge is 0.381 e. The molecule has 1 heterocycles. The number of esters is 1. The number of allylic oxidation sites excluding steroid dienone is 3. The number of phenolic OH excluding ortho intramolecular Hbond substituents is 1. The van der Waals surface area contributed by atoms with Gasteiger partial charge in [0, 0.05) is 24.4 Å². The Hall–Kier alpha value is -3.28. The molecule has 138 valence electrons. The Balaban J connectivity index is 1.70. The van der Waals surface area contributed by atoms with Crippen molar-refractivity contribution in [3.05, 3.63) is 76.3 Å². The molecule has 1 aliphatic rings. The Kier molecular flexibility index (Phi) is 5.45. The number of aromatic nitrogens is 2. The highest BCUT2D eigenvalue weighted by atomic mass is 19.1. The Morgan fingerprint density at radius 3 is 2.41 bits per heavy atom. The zero-order valence-electron chi connectivity index (χ0n) is 15.1. The number of carbonyl (C=O) groups excluding carboxylic acids is 1. The number of aromatic hydroxyl groups is 1. The molecule has 0 unspecified atom stereocenters. The highest BCUT2D eigenvalue weighted by molar-refractivity contribution is 5.86. The lowest BCUT2D eigenvalue weighted by atomic mass is 10.1. The zero-order valence-corrected chi connectivity index (χ0v) is 15.1. The van der Waals surface area contributed by atoms with Gasteiger partial charge < -0.3 is 9.84 Å². The van der Waals surface area contributed by atoms with Gasteiger partial charge in [0.1, 0.15) is 11.6 Å². The van der Waals surface area contributed by atoms with E-state index in [9.17, 15) is 14.3 Å². The first-order valence-corrected chi connectivity index (χ1v) is 8.52. The van der Waals surface area contributed by atoms with Crippen LogP contribution in [0.2, 0.25) is 0 Å². The average Bonchev–Trinajstić information content (AvgIpc) is 2.66. The van der Waals surface area contributed by atoms with E-state index in [0.29, 0.717) is 12.0 Å². The first kappa shape index (κ1) is 18.5. The summed E-state index contributed by atoms with van der Waals surface area (Å²) >= 11 is 0. The lowest BCUT2D eigenvalue weighted by Gasteiger charge is -2.09. The van der Waals surface area contributed by atoms with Crippen LogP contribution >= 0.6 is 0 Å². The van der Waals surface area contributed by atoms with E-state index >= 15 is 0 Å². The summed E-state index contributed by atoms with van der Waals surface area (Å²) in [5.74, 6) is -1.19. The minimum atomic E-state index is -0.799. The quantitative estimate of drug-likeness (QED) is 0.797. The highest BCUT2D eigenvalue weighted by Gasteiger charge is 2.17. The number of nitrogens with zero attached hydrogens (tertiary/aromatic N) is 2. The predicted octanol–water partition coefficient (Wildman–Crippen LogP) is 4.66. The largest absolute Gasteiger partial charge is 0.507 e. The van der Waals surface area contributed by atoms with Crippen LogP contribution in [0.3, 0.4) is 0 Å². The van der Waals surface area contributed by atoms with Crippen molar-refractivity contribution in [3.8, 4) is 5.75 Å². The van der Waals surface area contributed by atoms with E-state index < -0.39 is 11.8 Å². The summed E-state index contributed by atoms with van der Waals surface area (Å²) in [7, 11) is 0. The van der Waals surface area contributed by atoms with Crippen LogP contribution in [0, 0.1) is 13.8 Å². The van der Waals surface area contributed by atoms with Gasteiger partial charge in [-0.1, -0.05) is 18.2 Å². The van der Waals surface area contributed by atoms with Crippen LogP contribution in [0.1, 0.15) is 45.7 Å². The van der Waals surface area contributed by atoms with Crippen LogP contribution < -0.4 is 0 Å². The number of phenols is 1. The highest BCUT2D eigenvalue weighted by Crippen LogP contribution is 2.24. The second kappa shape index (κ2) is 7.95. The van der Waals surface area contributed by atoms with Crippen LogP contribution in [0.25, 0.3) is 12.2 Å². The lowest BCUT2D eigenvalue weighted by molar-refractivity contribution is 0.0611. The third-order valence-electron chi connectivity index (χ3n) is 4.11.